The van der Waals surface area contributed by atoms with Crippen LogP contribution in [0.3, 0.4) is 0 Å². The van der Waals surface area contributed by atoms with E-state index in [1.165, 1.54) is 6.07 Å². The lowest BCUT2D eigenvalue weighted by atomic mass is 10.2. The second-order valence-corrected chi connectivity index (χ2v) is 4.12. The average Bonchev–Trinajstić information content (AvgIpc) is 2.26. The summed E-state index contributed by atoms with van der Waals surface area (Å²) in [4.78, 5) is 10.4. The summed E-state index contributed by atoms with van der Waals surface area (Å²) in [6, 6.07) is 5.04. The molecule has 0 aromatic heterocycles. The van der Waals surface area contributed by atoms with E-state index in [0.29, 0.717) is 29.7 Å². The Hall–Kier alpha value is -0.980. The zero-order chi connectivity index (χ0) is 12.0. The highest BCUT2D eigenvalue weighted by Crippen LogP contribution is 2.23. The number of ether oxygens (including phenoxy) is 1. The van der Waals surface area contributed by atoms with Crippen LogP contribution < -0.4 is 5.32 Å². The average molecular weight is 289 g/mol. The fraction of sp³-hybridized carbons (Fsp3) is 0.400. The van der Waals surface area contributed by atoms with Crippen molar-refractivity contribution in [1.29, 1.82) is 0 Å². The van der Waals surface area contributed by atoms with Crippen molar-refractivity contribution in [1.82, 2.24) is 5.32 Å². The number of hydrogen-bond acceptors (Lipinski definition) is 4. The summed E-state index contributed by atoms with van der Waals surface area (Å²) in [6.45, 7) is 1.72. The van der Waals surface area contributed by atoms with Crippen LogP contribution in [0.25, 0.3) is 0 Å². The van der Waals surface area contributed by atoms with Crippen molar-refractivity contribution < 1.29 is 9.66 Å². The molecule has 0 aliphatic rings. The molecule has 16 heavy (non-hydrogen) atoms. The highest BCUT2D eigenvalue weighted by Gasteiger charge is 2.13. The van der Waals surface area contributed by atoms with Crippen LogP contribution in [-0.2, 0) is 11.3 Å². The van der Waals surface area contributed by atoms with Crippen molar-refractivity contribution in [3.63, 3.8) is 0 Å². The molecule has 5 nitrogen and oxygen atoms in total. The summed E-state index contributed by atoms with van der Waals surface area (Å²) in [5, 5.41) is 13.9. The highest BCUT2D eigenvalue weighted by atomic mass is 79.9. The fourth-order valence-electron chi connectivity index (χ4n) is 1.25. The Bertz CT molecular complexity index is 371. The van der Waals surface area contributed by atoms with Crippen LogP contribution in [0.1, 0.15) is 5.56 Å². The van der Waals surface area contributed by atoms with Crippen LogP contribution in [-0.4, -0.2) is 25.2 Å². The Balaban J connectivity index is 2.67. The second kappa shape index (κ2) is 6.57. The Morgan fingerprint density at radius 1 is 1.56 bits per heavy atom. The first-order chi connectivity index (χ1) is 7.65. The van der Waals surface area contributed by atoms with E-state index in [2.05, 4.69) is 21.2 Å². The lowest BCUT2D eigenvalue weighted by Crippen LogP contribution is -2.19. The number of rotatable bonds is 6. The lowest BCUT2D eigenvalue weighted by Gasteiger charge is -2.05. The maximum Gasteiger partial charge on any atom is 0.275 e. The van der Waals surface area contributed by atoms with Gasteiger partial charge in [0.05, 0.1) is 11.5 Å². The molecule has 0 fully saturated rings. The zero-order valence-electron chi connectivity index (χ0n) is 8.90. The number of hydrogen-bond donors (Lipinski definition) is 1. The third-order valence-corrected chi connectivity index (χ3v) is 2.54. The first-order valence-electron chi connectivity index (χ1n) is 4.77. The van der Waals surface area contributed by atoms with Crippen molar-refractivity contribution in [2.24, 2.45) is 0 Å². The number of halogens is 1. The monoisotopic (exact) mass is 288 g/mol. The van der Waals surface area contributed by atoms with E-state index in [1.807, 2.05) is 0 Å². The van der Waals surface area contributed by atoms with Gasteiger partial charge < -0.3 is 10.1 Å². The van der Waals surface area contributed by atoms with E-state index in [4.69, 9.17) is 4.74 Å². The van der Waals surface area contributed by atoms with Gasteiger partial charge in [0.1, 0.15) is 0 Å². The maximum atomic E-state index is 10.8. The van der Waals surface area contributed by atoms with Crippen LogP contribution in [0.4, 0.5) is 5.69 Å². The number of nitro benzene ring substituents is 1. The minimum atomic E-state index is -0.377. The molecule has 0 amide bonds. The summed E-state index contributed by atoms with van der Waals surface area (Å²) in [6.07, 6.45) is 0. The SMILES string of the molecule is COCCNCc1ccc(Br)cc1[N+](=O)[O-]. The topological polar surface area (TPSA) is 64.4 Å². The van der Waals surface area contributed by atoms with Gasteiger partial charge in [0.2, 0.25) is 0 Å². The molecule has 0 saturated carbocycles. The number of methoxy groups -OCH3 is 1. The largest absolute Gasteiger partial charge is 0.383 e. The summed E-state index contributed by atoms with van der Waals surface area (Å²) < 4.78 is 5.58. The standard InChI is InChI=1S/C10H13BrN2O3/c1-16-5-4-12-7-8-2-3-9(11)6-10(8)13(14)15/h2-3,6,12H,4-5,7H2,1H3. The summed E-state index contributed by atoms with van der Waals surface area (Å²) in [5.74, 6) is 0. The molecular weight excluding hydrogens is 276 g/mol. The van der Waals surface area contributed by atoms with Crippen molar-refractivity contribution in [3.8, 4) is 0 Å². The number of nitrogens with zero attached hydrogens (tertiary/aromatic N) is 1. The molecule has 1 aromatic carbocycles. The van der Waals surface area contributed by atoms with Gasteiger partial charge in [-0.3, -0.25) is 10.1 Å². The van der Waals surface area contributed by atoms with Gasteiger partial charge in [0.15, 0.2) is 0 Å². The molecule has 0 unspecified atom stereocenters. The van der Waals surface area contributed by atoms with Gasteiger partial charge in [0, 0.05) is 36.3 Å². The molecule has 1 aromatic rings. The molecule has 0 heterocycles. The second-order valence-electron chi connectivity index (χ2n) is 3.20. The maximum absolute atomic E-state index is 10.8. The highest BCUT2D eigenvalue weighted by molar-refractivity contribution is 9.10. The quantitative estimate of drug-likeness (QED) is 0.495. The van der Waals surface area contributed by atoms with E-state index >= 15 is 0 Å². The van der Waals surface area contributed by atoms with Crippen molar-refractivity contribution in [3.05, 3.63) is 38.3 Å². The number of benzene rings is 1. The molecule has 6 heteroatoms. The molecule has 0 bridgehead atoms. The van der Waals surface area contributed by atoms with Crippen LogP contribution in [0, 0.1) is 10.1 Å². The molecule has 0 spiro atoms. The lowest BCUT2D eigenvalue weighted by molar-refractivity contribution is -0.385. The van der Waals surface area contributed by atoms with Crippen molar-refractivity contribution in [2.75, 3.05) is 20.3 Å². The van der Waals surface area contributed by atoms with Crippen LogP contribution in [0.5, 0.6) is 0 Å². The third-order valence-electron chi connectivity index (χ3n) is 2.04. The summed E-state index contributed by atoms with van der Waals surface area (Å²) in [5.41, 5.74) is 0.795. The van der Waals surface area contributed by atoms with E-state index < -0.39 is 0 Å². The van der Waals surface area contributed by atoms with Gasteiger partial charge in [-0.25, -0.2) is 0 Å². The predicted molar refractivity (Wildman–Crippen MR) is 64.4 cm³/mol. The van der Waals surface area contributed by atoms with Crippen molar-refractivity contribution in [2.45, 2.75) is 6.54 Å². The van der Waals surface area contributed by atoms with Gasteiger partial charge in [0.25, 0.3) is 5.69 Å². The van der Waals surface area contributed by atoms with Crippen LogP contribution in [0.15, 0.2) is 22.7 Å². The fourth-order valence-corrected chi connectivity index (χ4v) is 1.60. The smallest absolute Gasteiger partial charge is 0.275 e. The Labute approximate surface area is 102 Å². The minimum Gasteiger partial charge on any atom is -0.383 e. The molecule has 0 aliphatic heterocycles. The third kappa shape index (κ3) is 3.88. The van der Waals surface area contributed by atoms with E-state index in [9.17, 15) is 10.1 Å². The molecular formula is C10H13BrN2O3. The molecule has 0 radical (unpaired) electrons. The molecule has 88 valence electrons. The van der Waals surface area contributed by atoms with Crippen LogP contribution >= 0.6 is 15.9 Å². The van der Waals surface area contributed by atoms with E-state index in [-0.39, 0.29) is 10.6 Å². The first kappa shape index (κ1) is 13.1. The van der Waals surface area contributed by atoms with Crippen molar-refractivity contribution >= 4 is 21.6 Å². The number of nitrogens with one attached hydrogen (secondary N) is 1. The molecule has 0 saturated heterocycles. The van der Waals surface area contributed by atoms with Gasteiger partial charge in [-0.1, -0.05) is 15.9 Å². The Morgan fingerprint density at radius 3 is 2.94 bits per heavy atom. The molecule has 0 atom stereocenters. The number of nitro groups is 1. The van der Waals surface area contributed by atoms with Gasteiger partial charge in [-0.05, 0) is 12.1 Å². The predicted octanol–water partition coefficient (Wildman–Crippen LogP) is 2.09. The minimum absolute atomic E-state index is 0.124. The Morgan fingerprint density at radius 2 is 2.31 bits per heavy atom. The first-order valence-corrected chi connectivity index (χ1v) is 5.57. The summed E-state index contributed by atoms with van der Waals surface area (Å²) >= 11 is 3.21. The van der Waals surface area contributed by atoms with E-state index in [0.717, 1.165) is 0 Å². The zero-order valence-corrected chi connectivity index (χ0v) is 10.5. The Kier molecular flexibility index (Phi) is 5.37. The normalized spacial score (nSPS) is 10.4. The van der Waals surface area contributed by atoms with Gasteiger partial charge >= 0.3 is 0 Å². The molecule has 0 aliphatic carbocycles. The van der Waals surface area contributed by atoms with Gasteiger partial charge in [-0.2, -0.15) is 0 Å². The molecule has 1 rings (SSSR count). The summed E-state index contributed by atoms with van der Waals surface area (Å²) in [7, 11) is 1.61. The van der Waals surface area contributed by atoms with Crippen LogP contribution in [0.2, 0.25) is 0 Å². The van der Waals surface area contributed by atoms with Gasteiger partial charge in [-0.15, -0.1) is 0 Å². The molecule has 1 N–H and O–H groups in total. The van der Waals surface area contributed by atoms with E-state index in [1.54, 1.807) is 19.2 Å².